The van der Waals surface area contributed by atoms with Crippen LogP contribution in [-0.2, 0) is 29.0 Å². The fourth-order valence-corrected chi connectivity index (χ4v) is 4.48. The molecule has 0 aliphatic heterocycles. The lowest BCUT2D eigenvalue weighted by Gasteiger charge is -2.34. The van der Waals surface area contributed by atoms with E-state index in [0.29, 0.717) is 27.9 Å². The monoisotopic (exact) mass is 544 g/mol. The molecule has 0 bridgehead atoms. The summed E-state index contributed by atoms with van der Waals surface area (Å²) < 4.78 is 0. The highest BCUT2D eigenvalue weighted by Gasteiger charge is 2.32. The molecule has 190 valence electrons. The lowest BCUT2D eigenvalue weighted by Crippen LogP contribution is -2.54. The van der Waals surface area contributed by atoms with Gasteiger partial charge in [0, 0.05) is 29.9 Å². The number of carbonyl (C=O) groups is 2. The minimum absolute atomic E-state index is 0.147. The summed E-state index contributed by atoms with van der Waals surface area (Å²) in [6.07, 6.45) is 1.05. The molecule has 1 atom stereocenters. The van der Waals surface area contributed by atoms with Crippen molar-refractivity contribution in [2.45, 2.75) is 58.2 Å². The first-order valence-electron chi connectivity index (χ1n) is 11.9. The van der Waals surface area contributed by atoms with E-state index in [4.69, 9.17) is 34.8 Å². The van der Waals surface area contributed by atoms with Crippen LogP contribution in [0.1, 0.15) is 43.9 Å². The Morgan fingerprint density at radius 1 is 0.833 bits per heavy atom. The molecule has 4 nitrogen and oxygen atoms in total. The number of nitrogens with one attached hydrogen (secondary N) is 1. The van der Waals surface area contributed by atoms with Crippen molar-refractivity contribution in [1.29, 1.82) is 0 Å². The van der Waals surface area contributed by atoms with E-state index < -0.39 is 11.6 Å². The molecule has 0 saturated heterocycles. The standard InChI is InChI=1S/C29H31Cl3N2O2/c1-29(2,3)33-28(36)26(18-20-9-5-4-6-10-20)34(19-21-13-15-24(31)25(32)17-21)27(35)16-14-22-11-7-8-12-23(22)30/h4-13,15,17,26H,14,16,18-19H2,1-3H3,(H,33,36)/t26-/m1/s1. The Morgan fingerprint density at radius 3 is 2.14 bits per heavy atom. The van der Waals surface area contributed by atoms with Crippen molar-refractivity contribution >= 4 is 46.6 Å². The van der Waals surface area contributed by atoms with E-state index in [1.165, 1.54) is 0 Å². The molecule has 3 aromatic rings. The zero-order valence-electron chi connectivity index (χ0n) is 20.7. The summed E-state index contributed by atoms with van der Waals surface area (Å²) >= 11 is 18.7. The van der Waals surface area contributed by atoms with E-state index in [-0.39, 0.29) is 24.8 Å². The van der Waals surface area contributed by atoms with Gasteiger partial charge in [-0.15, -0.1) is 0 Å². The van der Waals surface area contributed by atoms with Gasteiger partial charge in [-0.2, -0.15) is 0 Å². The number of halogens is 3. The molecular weight excluding hydrogens is 515 g/mol. The summed E-state index contributed by atoms with van der Waals surface area (Å²) in [6.45, 7) is 5.99. The third-order valence-electron chi connectivity index (χ3n) is 5.67. The number of carbonyl (C=O) groups excluding carboxylic acids is 2. The Bertz CT molecular complexity index is 1190. The molecule has 0 aromatic heterocycles. The Kier molecular flexibility index (Phi) is 9.84. The molecule has 0 radical (unpaired) electrons. The van der Waals surface area contributed by atoms with Gasteiger partial charge in [-0.3, -0.25) is 9.59 Å². The number of amides is 2. The van der Waals surface area contributed by atoms with Crippen molar-refractivity contribution in [3.63, 3.8) is 0 Å². The van der Waals surface area contributed by atoms with Crippen LogP contribution in [0.3, 0.4) is 0 Å². The predicted octanol–water partition coefficient (Wildman–Crippen LogP) is 7.13. The topological polar surface area (TPSA) is 49.4 Å². The maximum atomic E-state index is 13.7. The molecule has 0 saturated carbocycles. The molecule has 2 amide bonds. The summed E-state index contributed by atoms with van der Waals surface area (Å²) in [5, 5.41) is 4.51. The van der Waals surface area contributed by atoms with Gasteiger partial charge in [-0.1, -0.05) is 89.4 Å². The highest BCUT2D eigenvalue weighted by Crippen LogP contribution is 2.25. The molecule has 3 rings (SSSR count). The Labute approximate surface area is 228 Å². The lowest BCUT2D eigenvalue weighted by atomic mass is 10.00. The highest BCUT2D eigenvalue weighted by atomic mass is 35.5. The van der Waals surface area contributed by atoms with Crippen LogP contribution >= 0.6 is 34.8 Å². The van der Waals surface area contributed by atoms with Crippen molar-refractivity contribution in [3.8, 4) is 0 Å². The van der Waals surface area contributed by atoms with Crippen molar-refractivity contribution in [2.24, 2.45) is 0 Å². The van der Waals surface area contributed by atoms with Crippen LogP contribution in [0.25, 0.3) is 0 Å². The summed E-state index contributed by atoms with van der Waals surface area (Å²) in [6, 6.07) is 21.7. The Morgan fingerprint density at radius 2 is 1.50 bits per heavy atom. The first-order chi connectivity index (χ1) is 17.0. The van der Waals surface area contributed by atoms with Gasteiger partial charge in [0.25, 0.3) is 0 Å². The Hall–Kier alpha value is -2.53. The fraction of sp³-hybridized carbons (Fsp3) is 0.310. The van der Waals surface area contributed by atoms with Gasteiger partial charge >= 0.3 is 0 Å². The van der Waals surface area contributed by atoms with Crippen molar-refractivity contribution in [2.75, 3.05) is 0 Å². The van der Waals surface area contributed by atoms with Crippen LogP contribution in [0.5, 0.6) is 0 Å². The normalized spacial score (nSPS) is 12.2. The number of hydrogen-bond acceptors (Lipinski definition) is 2. The van der Waals surface area contributed by atoms with Crippen LogP contribution in [0.4, 0.5) is 0 Å². The molecular formula is C29H31Cl3N2O2. The van der Waals surface area contributed by atoms with E-state index in [0.717, 1.165) is 16.7 Å². The predicted molar refractivity (Wildman–Crippen MR) is 149 cm³/mol. The van der Waals surface area contributed by atoms with Crippen LogP contribution < -0.4 is 5.32 Å². The second-order valence-electron chi connectivity index (χ2n) is 9.81. The quantitative estimate of drug-likeness (QED) is 0.311. The SMILES string of the molecule is CC(C)(C)NC(=O)[C@@H](Cc1ccccc1)N(Cc1ccc(Cl)c(Cl)c1)C(=O)CCc1ccccc1Cl. The largest absolute Gasteiger partial charge is 0.350 e. The van der Waals surface area contributed by atoms with E-state index in [9.17, 15) is 9.59 Å². The molecule has 0 unspecified atom stereocenters. The summed E-state index contributed by atoms with van der Waals surface area (Å²) in [5.74, 6) is -0.358. The van der Waals surface area contributed by atoms with Crippen LogP contribution in [0, 0.1) is 0 Å². The number of aryl methyl sites for hydroxylation is 1. The minimum Gasteiger partial charge on any atom is -0.350 e. The van der Waals surface area contributed by atoms with Crippen molar-refractivity contribution in [3.05, 3.63) is 105 Å². The third kappa shape index (κ3) is 8.26. The van der Waals surface area contributed by atoms with Crippen LogP contribution in [0.15, 0.2) is 72.8 Å². The van der Waals surface area contributed by atoms with Gasteiger partial charge in [-0.25, -0.2) is 0 Å². The van der Waals surface area contributed by atoms with Crippen LogP contribution in [-0.4, -0.2) is 28.3 Å². The second kappa shape index (κ2) is 12.6. The van der Waals surface area contributed by atoms with Crippen molar-refractivity contribution in [1.82, 2.24) is 10.2 Å². The third-order valence-corrected chi connectivity index (χ3v) is 6.78. The van der Waals surface area contributed by atoms with Gasteiger partial charge in [0.1, 0.15) is 6.04 Å². The first-order valence-corrected chi connectivity index (χ1v) is 13.0. The van der Waals surface area contributed by atoms with Crippen molar-refractivity contribution < 1.29 is 9.59 Å². The van der Waals surface area contributed by atoms with Gasteiger partial charge < -0.3 is 10.2 Å². The number of hydrogen-bond donors (Lipinski definition) is 1. The summed E-state index contributed by atoms with van der Waals surface area (Å²) in [7, 11) is 0. The molecule has 1 N–H and O–H groups in total. The number of nitrogens with zero attached hydrogens (tertiary/aromatic N) is 1. The van der Waals surface area contributed by atoms with Gasteiger partial charge in [0.2, 0.25) is 11.8 Å². The van der Waals surface area contributed by atoms with Gasteiger partial charge in [-0.05, 0) is 62.1 Å². The summed E-state index contributed by atoms with van der Waals surface area (Å²) in [5.41, 5.74) is 2.18. The molecule has 0 fully saturated rings. The smallest absolute Gasteiger partial charge is 0.243 e. The molecule has 7 heteroatoms. The van der Waals surface area contributed by atoms with E-state index in [1.807, 2.05) is 81.4 Å². The number of rotatable bonds is 9. The molecule has 36 heavy (non-hydrogen) atoms. The fourth-order valence-electron chi connectivity index (χ4n) is 3.93. The number of benzene rings is 3. The molecule has 0 aliphatic carbocycles. The second-order valence-corrected chi connectivity index (χ2v) is 11.0. The van der Waals surface area contributed by atoms with E-state index in [2.05, 4.69) is 5.32 Å². The average Bonchev–Trinajstić information content (AvgIpc) is 2.82. The summed E-state index contributed by atoms with van der Waals surface area (Å²) in [4.78, 5) is 28.9. The molecule has 0 aliphatic rings. The van der Waals surface area contributed by atoms with Crippen LogP contribution in [0.2, 0.25) is 15.1 Å². The molecule has 0 heterocycles. The van der Waals surface area contributed by atoms with E-state index in [1.54, 1.807) is 17.0 Å². The molecule has 3 aromatic carbocycles. The zero-order chi connectivity index (χ0) is 26.3. The van der Waals surface area contributed by atoms with Gasteiger partial charge in [0.15, 0.2) is 0 Å². The molecule has 0 spiro atoms. The minimum atomic E-state index is -0.722. The van der Waals surface area contributed by atoms with Gasteiger partial charge in [0.05, 0.1) is 10.0 Å². The van der Waals surface area contributed by atoms with E-state index >= 15 is 0 Å². The Balaban J connectivity index is 1.96. The first kappa shape index (κ1) is 28.0. The zero-order valence-corrected chi connectivity index (χ0v) is 23.0. The maximum Gasteiger partial charge on any atom is 0.243 e. The maximum absolute atomic E-state index is 13.7. The average molecular weight is 546 g/mol. The highest BCUT2D eigenvalue weighted by molar-refractivity contribution is 6.42. The lowest BCUT2D eigenvalue weighted by molar-refractivity contribution is -0.141.